The average Bonchev–Trinajstić information content (AvgIpc) is 2.28. The van der Waals surface area contributed by atoms with Crippen LogP contribution in [0.5, 0.6) is 5.75 Å². The zero-order chi connectivity index (χ0) is 13.2. The lowest BCUT2D eigenvalue weighted by Crippen LogP contribution is -2.45. The summed E-state index contributed by atoms with van der Waals surface area (Å²) in [5.41, 5.74) is 0.287. The summed E-state index contributed by atoms with van der Waals surface area (Å²) in [6.07, 6.45) is 1.81. The number of likely N-dealkylation sites (tertiary alicyclic amines) is 1. The molecule has 0 aromatic heterocycles. The van der Waals surface area contributed by atoms with Gasteiger partial charge in [0.1, 0.15) is 0 Å². The fraction of sp³-hybridized carbons (Fsp3) is 0.571. The number of halogens is 1. The van der Waals surface area contributed by atoms with Crippen molar-refractivity contribution in [2.75, 3.05) is 20.2 Å². The summed E-state index contributed by atoms with van der Waals surface area (Å²) < 4.78 is 18.5. The summed E-state index contributed by atoms with van der Waals surface area (Å²) >= 11 is 0. The lowest BCUT2D eigenvalue weighted by Gasteiger charge is -2.36. The number of ether oxygens (including phenoxy) is 1. The molecule has 1 N–H and O–H groups in total. The van der Waals surface area contributed by atoms with Crippen molar-refractivity contribution in [2.24, 2.45) is 0 Å². The first kappa shape index (κ1) is 13.3. The van der Waals surface area contributed by atoms with Crippen LogP contribution in [0.4, 0.5) is 4.39 Å². The Hall–Kier alpha value is -1.13. The first-order valence-electron chi connectivity index (χ1n) is 6.27. The van der Waals surface area contributed by atoms with Crippen molar-refractivity contribution in [3.63, 3.8) is 0 Å². The second-order valence-corrected chi connectivity index (χ2v) is 5.28. The summed E-state index contributed by atoms with van der Waals surface area (Å²) in [5.74, 6) is -0.0665. The maximum atomic E-state index is 13.6. The molecular formula is C14H20FNO2. The van der Waals surface area contributed by atoms with Gasteiger partial charge in [-0.05, 0) is 44.0 Å². The monoisotopic (exact) mass is 253 g/mol. The molecule has 3 nitrogen and oxygen atoms in total. The summed E-state index contributed by atoms with van der Waals surface area (Å²) in [7, 11) is 1.46. The van der Waals surface area contributed by atoms with E-state index < -0.39 is 5.60 Å². The van der Waals surface area contributed by atoms with Crippen LogP contribution in [0.25, 0.3) is 0 Å². The normalized spacial score (nSPS) is 25.1. The number of β-amino-alcohol motifs (C(OH)–C–C–N with tert-alkyl or cyclic N) is 1. The van der Waals surface area contributed by atoms with Gasteiger partial charge in [-0.15, -0.1) is 0 Å². The molecule has 1 aliphatic rings. The molecule has 1 saturated heterocycles. The van der Waals surface area contributed by atoms with Crippen LogP contribution >= 0.6 is 0 Å². The minimum Gasteiger partial charge on any atom is -0.494 e. The van der Waals surface area contributed by atoms with Crippen LogP contribution in [0, 0.1) is 5.82 Å². The van der Waals surface area contributed by atoms with E-state index in [2.05, 4.69) is 4.90 Å². The molecule has 18 heavy (non-hydrogen) atoms. The molecule has 1 unspecified atom stereocenters. The highest BCUT2D eigenvalue weighted by Gasteiger charge is 2.28. The summed E-state index contributed by atoms with van der Waals surface area (Å²) in [6.45, 7) is 4.11. The van der Waals surface area contributed by atoms with E-state index in [1.165, 1.54) is 13.2 Å². The Morgan fingerprint density at radius 3 is 2.89 bits per heavy atom. The third kappa shape index (κ3) is 3.21. The number of benzene rings is 1. The van der Waals surface area contributed by atoms with Crippen LogP contribution in [-0.4, -0.2) is 35.8 Å². The standard InChI is InChI=1S/C14H20FNO2/c1-14(17)6-3-7-16(10-14)9-11-4-5-13(18-2)12(15)8-11/h4-5,8,17H,3,6-7,9-10H2,1-2H3. The van der Waals surface area contributed by atoms with E-state index >= 15 is 0 Å². The van der Waals surface area contributed by atoms with Crippen molar-refractivity contribution < 1.29 is 14.2 Å². The zero-order valence-electron chi connectivity index (χ0n) is 10.9. The van der Waals surface area contributed by atoms with Crippen LogP contribution < -0.4 is 4.74 Å². The molecule has 0 radical (unpaired) electrons. The Labute approximate surface area is 107 Å². The fourth-order valence-corrected chi connectivity index (χ4v) is 2.52. The molecule has 0 amide bonds. The van der Waals surface area contributed by atoms with Crippen molar-refractivity contribution in [3.8, 4) is 5.75 Å². The van der Waals surface area contributed by atoms with Gasteiger partial charge in [-0.3, -0.25) is 4.90 Å². The molecule has 0 bridgehead atoms. The van der Waals surface area contributed by atoms with E-state index in [0.717, 1.165) is 24.9 Å². The molecule has 0 spiro atoms. The highest BCUT2D eigenvalue weighted by atomic mass is 19.1. The molecule has 1 atom stereocenters. The van der Waals surface area contributed by atoms with Crippen LogP contribution in [0.2, 0.25) is 0 Å². The van der Waals surface area contributed by atoms with Gasteiger partial charge in [-0.25, -0.2) is 4.39 Å². The van der Waals surface area contributed by atoms with Crippen molar-refractivity contribution in [2.45, 2.75) is 31.9 Å². The molecule has 4 heteroatoms. The zero-order valence-corrected chi connectivity index (χ0v) is 10.9. The van der Waals surface area contributed by atoms with E-state index in [1.807, 2.05) is 13.0 Å². The molecule has 1 fully saturated rings. The van der Waals surface area contributed by atoms with Crippen LogP contribution in [0.15, 0.2) is 18.2 Å². The SMILES string of the molecule is COc1ccc(CN2CCCC(C)(O)C2)cc1F. The summed E-state index contributed by atoms with van der Waals surface area (Å²) in [5, 5.41) is 10.0. The Morgan fingerprint density at radius 2 is 2.28 bits per heavy atom. The van der Waals surface area contributed by atoms with Gasteiger partial charge in [0.15, 0.2) is 11.6 Å². The van der Waals surface area contributed by atoms with Gasteiger partial charge in [-0.2, -0.15) is 0 Å². The first-order valence-corrected chi connectivity index (χ1v) is 6.27. The summed E-state index contributed by atoms with van der Waals surface area (Å²) in [6, 6.07) is 5.01. The van der Waals surface area contributed by atoms with Crippen LogP contribution in [-0.2, 0) is 6.54 Å². The molecule has 1 heterocycles. The van der Waals surface area contributed by atoms with E-state index in [-0.39, 0.29) is 11.6 Å². The lowest BCUT2D eigenvalue weighted by molar-refractivity contribution is -0.0181. The minimum atomic E-state index is -0.622. The maximum absolute atomic E-state index is 13.6. The van der Waals surface area contributed by atoms with Crippen molar-refractivity contribution in [1.82, 2.24) is 4.90 Å². The van der Waals surface area contributed by atoms with Crippen molar-refractivity contribution >= 4 is 0 Å². The Bertz CT molecular complexity index is 420. The lowest BCUT2D eigenvalue weighted by atomic mass is 9.95. The molecule has 2 rings (SSSR count). The van der Waals surface area contributed by atoms with Gasteiger partial charge < -0.3 is 9.84 Å². The molecule has 0 aliphatic carbocycles. The molecule has 1 aliphatic heterocycles. The Kier molecular flexibility index (Phi) is 3.88. The third-order valence-electron chi connectivity index (χ3n) is 3.38. The molecule has 100 valence electrons. The Balaban J connectivity index is 2.03. The van der Waals surface area contributed by atoms with E-state index in [9.17, 15) is 9.50 Å². The second kappa shape index (κ2) is 5.24. The number of piperidine rings is 1. The second-order valence-electron chi connectivity index (χ2n) is 5.28. The number of rotatable bonds is 3. The predicted molar refractivity (Wildman–Crippen MR) is 68.1 cm³/mol. The maximum Gasteiger partial charge on any atom is 0.165 e. The number of methoxy groups -OCH3 is 1. The largest absolute Gasteiger partial charge is 0.494 e. The van der Waals surface area contributed by atoms with Gasteiger partial charge in [0.2, 0.25) is 0 Å². The average molecular weight is 253 g/mol. The van der Waals surface area contributed by atoms with Gasteiger partial charge in [0.25, 0.3) is 0 Å². The number of nitrogens with zero attached hydrogens (tertiary/aromatic N) is 1. The highest BCUT2D eigenvalue weighted by Crippen LogP contribution is 2.23. The molecular weight excluding hydrogens is 233 g/mol. The van der Waals surface area contributed by atoms with Crippen molar-refractivity contribution in [3.05, 3.63) is 29.6 Å². The first-order chi connectivity index (χ1) is 8.50. The van der Waals surface area contributed by atoms with Crippen molar-refractivity contribution in [1.29, 1.82) is 0 Å². The number of aliphatic hydroxyl groups is 1. The smallest absolute Gasteiger partial charge is 0.165 e. The predicted octanol–water partition coefficient (Wildman–Crippen LogP) is 2.18. The van der Waals surface area contributed by atoms with E-state index in [1.54, 1.807) is 6.07 Å². The summed E-state index contributed by atoms with van der Waals surface area (Å²) in [4.78, 5) is 2.16. The minimum absolute atomic E-state index is 0.268. The van der Waals surface area contributed by atoms with E-state index in [0.29, 0.717) is 13.1 Å². The van der Waals surface area contributed by atoms with Crippen LogP contribution in [0.1, 0.15) is 25.3 Å². The van der Waals surface area contributed by atoms with E-state index in [4.69, 9.17) is 4.74 Å². The topological polar surface area (TPSA) is 32.7 Å². The highest BCUT2D eigenvalue weighted by molar-refractivity contribution is 5.29. The van der Waals surface area contributed by atoms with Crippen LogP contribution in [0.3, 0.4) is 0 Å². The van der Waals surface area contributed by atoms with Gasteiger partial charge in [0, 0.05) is 13.1 Å². The molecule has 1 aromatic carbocycles. The third-order valence-corrected chi connectivity index (χ3v) is 3.38. The molecule has 1 aromatic rings. The van der Waals surface area contributed by atoms with Gasteiger partial charge >= 0.3 is 0 Å². The quantitative estimate of drug-likeness (QED) is 0.896. The fourth-order valence-electron chi connectivity index (χ4n) is 2.52. The van der Waals surface area contributed by atoms with Gasteiger partial charge in [0.05, 0.1) is 12.7 Å². The molecule has 0 saturated carbocycles. The Morgan fingerprint density at radius 1 is 1.50 bits per heavy atom. The van der Waals surface area contributed by atoms with Gasteiger partial charge in [-0.1, -0.05) is 6.07 Å². The number of hydrogen-bond acceptors (Lipinski definition) is 3. The number of hydrogen-bond donors (Lipinski definition) is 1.